The van der Waals surface area contributed by atoms with E-state index >= 15 is 0 Å². The van der Waals surface area contributed by atoms with Crippen molar-refractivity contribution in [2.24, 2.45) is 0 Å². The fourth-order valence-corrected chi connectivity index (χ4v) is 2.25. The number of rotatable bonds is 1. The first-order valence-electron chi connectivity index (χ1n) is 3.80. The van der Waals surface area contributed by atoms with Gasteiger partial charge in [-0.3, -0.25) is 0 Å². The van der Waals surface area contributed by atoms with Gasteiger partial charge in [-0.25, -0.2) is 0 Å². The number of para-hydroxylation sites is 1. The van der Waals surface area contributed by atoms with Gasteiger partial charge in [-0.15, -0.1) is 11.3 Å². The fraction of sp³-hybridized carbons (Fsp3) is 0. The second-order valence-electron chi connectivity index (χ2n) is 2.65. The zero-order valence-electron chi connectivity index (χ0n) is 7.00. The third-order valence-corrected chi connectivity index (χ3v) is 3.05. The molecule has 0 atom stereocenters. The van der Waals surface area contributed by atoms with Crippen molar-refractivity contribution < 1.29 is 22.2 Å². The van der Waals surface area contributed by atoms with Crippen molar-refractivity contribution in [1.82, 2.24) is 0 Å². The van der Waals surface area contributed by atoms with Crippen molar-refractivity contribution in [3.63, 3.8) is 0 Å². The molecule has 1 aromatic carbocycles. The van der Waals surface area contributed by atoms with Gasteiger partial charge in [0.15, 0.2) is 0 Å². The van der Waals surface area contributed by atoms with Crippen molar-refractivity contribution >= 4 is 22.9 Å². The summed E-state index contributed by atoms with van der Waals surface area (Å²) in [5.41, 5.74) is 0.833. The van der Waals surface area contributed by atoms with E-state index < -0.39 is 0 Å². The van der Waals surface area contributed by atoms with E-state index in [1.165, 1.54) is 11.3 Å². The molecule has 1 heterocycles. The molecule has 0 aliphatic carbocycles. The summed E-state index contributed by atoms with van der Waals surface area (Å²) in [6.07, 6.45) is 0. The largest absolute Gasteiger partial charge is 0.507 e. The SMILES string of the molecule is Oc1ccccc1-c1cc(Cl)cs1.[Cu]. The molecule has 0 aliphatic heterocycles. The number of halogens is 1. The van der Waals surface area contributed by atoms with Crippen LogP contribution in [0, 0.1) is 0 Å². The van der Waals surface area contributed by atoms with E-state index in [0.717, 1.165) is 10.4 Å². The summed E-state index contributed by atoms with van der Waals surface area (Å²) in [7, 11) is 0. The molecule has 1 N–H and O–H groups in total. The molecule has 0 amide bonds. The van der Waals surface area contributed by atoms with Gasteiger partial charge < -0.3 is 5.11 Å². The maximum atomic E-state index is 9.54. The minimum Gasteiger partial charge on any atom is -0.507 e. The Kier molecular flexibility index (Phi) is 4.02. The van der Waals surface area contributed by atoms with Gasteiger partial charge in [-0.2, -0.15) is 0 Å². The molecule has 0 unspecified atom stereocenters. The Hall–Kier alpha value is -0.471. The van der Waals surface area contributed by atoms with Gasteiger partial charge in [0.1, 0.15) is 5.75 Å². The quantitative estimate of drug-likeness (QED) is 0.785. The molecular weight excluding hydrogens is 267 g/mol. The van der Waals surface area contributed by atoms with Crippen LogP contribution in [0.2, 0.25) is 5.02 Å². The monoisotopic (exact) mass is 273 g/mol. The molecule has 1 aromatic heterocycles. The summed E-state index contributed by atoms with van der Waals surface area (Å²) < 4.78 is 0. The van der Waals surface area contributed by atoms with Crippen LogP contribution in [0.1, 0.15) is 0 Å². The number of hydrogen-bond acceptors (Lipinski definition) is 2. The van der Waals surface area contributed by atoms with Crippen LogP contribution in [0.3, 0.4) is 0 Å². The zero-order chi connectivity index (χ0) is 9.26. The Bertz CT molecular complexity index is 428. The van der Waals surface area contributed by atoms with Crippen molar-refractivity contribution in [3.05, 3.63) is 40.7 Å². The fourth-order valence-electron chi connectivity index (χ4n) is 1.14. The summed E-state index contributed by atoms with van der Waals surface area (Å²) in [6, 6.07) is 9.08. The molecule has 4 heteroatoms. The van der Waals surface area contributed by atoms with Gasteiger partial charge in [0.2, 0.25) is 0 Å². The molecule has 0 saturated carbocycles. The molecule has 0 saturated heterocycles. The maximum absolute atomic E-state index is 9.54. The van der Waals surface area contributed by atoms with Crippen LogP contribution >= 0.6 is 22.9 Å². The minimum atomic E-state index is 0. The third kappa shape index (κ3) is 2.31. The average molecular weight is 274 g/mol. The molecule has 0 bridgehead atoms. The van der Waals surface area contributed by atoms with Gasteiger partial charge in [0.05, 0.1) is 5.02 Å². The van der Waals surface area contributed by atoms with Gasteiger partial charge in [-0.1, -0.05) is 23.7 Å². The molecule has 1 nitrogen and oxygen atoms in total. The summed E-state index contributed by atoms with van der Waals surface area (Å²) in [5, 5.41) is 12.1. The molecule has 0 spiro atoms. The van der Waals surface area contributed by atoms with E-state index in [2.05, 4.69) is 0 Å². The van der Waals surface area contributed by atoms with Crippen molar-refractivity contribution in [2.75, 3.05) is 0 Å². The van der Waals surface area contributed by atoms with Crippen molar-refractivity contribution in [2.45, 2.75) is 0 Å². The Balaban J connectivity index is 0.000000980. The van der Waals surface area contributed by atoms with E-state index in [1.54, 1.807) is 12.1 Å². The number of benzene rings is 1. The predicted molar refractivity (Wildman–Crippen MR) is 56.4 cm³/mol. The Labute approximate surface area is 102 Å². The standard InChI is InChI=1S/C10H7ClOS.Cu/c11-7-5-10(13-6-7)8-3-1-2-4-9(8)12;/h1-6,12H;. The number of thiophene rings is 1. The molecule has 2 rings (SSSR count). The van der Waals surface area contributed by atoms with E-state index in [4.69, 9.17) is 11.6 Å². The normalized spacial score (nSPS) is 9.50. The van der Waals surface area contributed by atoms with Crippen LogP contribution in [-0.4, -0.2) is 5.11 Å². The molecule has 0 aliphatic rings. The Morgan fingerprint density at radius 1 is 1.21 bits per heavy atom. The van der Waals surface area contributed by atoms with E-state index in [9.17, 15) is 5.11 Å². The third-order valence-electron chi connectivity index (χ3n) is 1.74. The van der Waals surface area contributed by atoms with Crippen molar-refractivity contribution in [3.8, 4) is 16.2 Å². The Morgan fingerprint density at radius 3 is 2.50 bits per heavy atom. The van der Waals surface area contributed by atoms with E-state index in [-0.39, 0.29) is 17.1 Å². The van der Waals surface area contributed by atoms with Gasteiger partial charge >= 0.3 is 0 Å². The second-order valence-corrected chi connectivity index (χ2v) is 3.99. The number of phenols is 1. The molecule has 77 valence electrons. The van der Waals surface area contributed by atoms with Crippen LogP contribution in [0.5, 0.6) is 5.75 Å². The summed E-state index contributed by atoms with van der Waals surface area (Å²) in [6.45, 7) is 0. The number of phenolic OH excluding ortho intramolecular Hbond substituents is 1. The van der Waals surface area contributed by atoms with Crippen LogP contribution in [0.4, 0.5) is 0 Å². The molecule has 2 aromatic rings. The van der Waals surface area contributed by atoms with E-state index in [1.807, 2.05) is 23.6 Å². The van der Waals surface area contributed by atoms with Crippen LogP contribution in [0.25, 0.3) is 10.4 Å². The summed E-state index contributed by atoms with van der Waals surface area (Å²) in [4.78, 5) is 0.989. The molecule has 14 heavy (non-hydrogen) atoms. The summed E-state index contributed by atoms with van der Waals surface area (Å²) in [5.74, 6) is 0.293. The topological polar surface area (TPSA) is 20.2 Å². The first kappa shape index (κ1) is 11.6. The smallest absolute Gasteiger partial charge is 0.124 e. The van der Waals surface area contributed by atoms with Gasteiger partial charge in [-0.05, 0) is 18.2 Å². The summed E-state index contributed by atoms with van der Waals surface area (Å²) >= 11 is 7.32. The average Bonchev–Trinajstić information content (AvgIpc) is 2.53. The molecular formula is C10H7ClCuOS. The van der Waals surface area contributed by atoms with Crippen LogP contribution < -0.4 is 0 Å². The first-order chi connectivity index (χ1) is 6.27. The van der Waals surface area contributed by atoms with Gasteiger partial charge in [0, 0.05) is 32.9 Å². The van der Waals surface area contributed by atoms with Crippen LogP contribution in [0.15, 0.2) is 35.7 Å². The molecule has 1 radical (unpaired) electrons. The minimum absolute atomic E-state index is 0. The van der Waals surface area contributed by atoms with Crippen molar-refractivity contribution in [1.29, 1.82) is 0 Å². The second kappa shape index (κ2) is 4.85. The zero-order valence-corrected chi connectivity index (χ0v) is 9.51. The molecule has 0 fully saturated rings. The van der Waals surface area contributed by atoms with E-state index in [0.29, 0.717) is 10.8 Å². The maximum Gasteiger partial charge on any atom is 0.124 e. The Morgan fingerprint density at radius 2 is 1.93 bits per heavy atom. The predicted octanol–water partition coefficient (Wildman–Crippen LogP) is 3.77. The van der Waals surface area contributed by atoms with Gasteiger partial charge in [0.25, 0.3) is 0 Å². The van der Waals surface area contributed by atoms with Crippen LogP contribution in [-0.2, 0) is 17.1 Å². The first-order valence-corrected chi connectivity index (χ1v) is 5.05. The number of aromatic hydroxyl groups is 1. The number of hydrogen-bond donors (Lipinski definition) is 1.